The van der Waals surface area contributed by atoms with Crippen molar-refractivity contribution in [2.24, 2.45) is 0 Å². The minimum atomic E-state index is -1.05. The second-order valence-electron chi connectivity index (χ2n) is 3.13. The predicted molar refractivity (Wildman–Crippen MR) is 54.0 cm³/mol. The molecule has 84 valence electrons. The Kier molecular flexibility index (Phi) is 5.92. The molecule has 0 radical (unpaired) electrons. The predicted octanol–water partition coefficient (Wildman–Crippen LogP) is 1.51. The van der Waals surface area contributed by atoms with Gasteiger partial charge in [0.15, 0.2) is 0 Å². The van der Waals surface area contributed by atoms with Gasteiger partial charge in [-0.05, 0) is 5.56 Å². The van der Waals surface area contributed by atoms with Crippen molar-refractivity contribution in [3.05, 3.63) is 35.9 Å². The second kappa shape index (κ2) is 7.34. The van der Waals surface area contributed by atoms with Gasteiger partial charge in [0.05, 0.1) is 13.2 Å². The van der Waals surface area contributed by atoms with E-state index >= 15 is 0 Å². The molecule has 0 fully saturated rings. The first-order valence-electron chi connectivity index (χ1n) is 4.76. The van der Waals surface area contributed by atoms with Gasteiger partial charge in [-0.15, -0.1) is 0 Å². The lowest BCUT2D eigenvalue weighted by Gasteiger charge is -2.08. The number of alkyl halides is 1. The lowest BCUT2D eigenvalue weighted by molar-refractivity contribution is -0.0873. The van der Waals surface area contributed by atoms with Crippen LogP contribution in [0.4, 0.5) is 4.39 Å². The molecular formula is C11H15FO3. The lowest BCUT2D eigenvalue weighted by atomic mass is 10.2. The summed E-state index contributed by atoms with van der Waals surface area (Å²) in [6, 6.07) is 9.66. The molecule has 4 heteroatoms. The first kappa shape index (κ1) is 12.1. The van der Waals surface area contributed by atoms with Crippen molar-refractivity contribution < 1.29 is 19.0 Å². The van der Waals surface area contributed by atoms with Gasteiger partial charge in [0.1, 0.15) is 19.6 Å². The molecule has 3 nitrogen and oxygen atoms in total. The average molecular weight is 214 g/mol. The number of rotatable bonds is 7. The Morgan fingerprint density at radius 2 is 1.93 bits per heavy atom. The number of aliphatic hydroxyl groups excluding tert-OH is 1. The van der Waals surface area contributed by atoms with E-state index in [1.54, 1.807) is 0 Å². The fourth-order valence-electron chi connectivity index (χ4n) is 1.02. The third kappa shape index (κ3) is 5.47. The molecule has 0 saturated heterocycles. The number of benzene rings is 1. The molecule has 0 heterocycles. The average Bonchev–Trinajstić information content (AvgIpc) is 2.29. The zero-order chi connectivity index (χ0) is 10.9. The highest BCUT2D eigenvalue weighted by Gasteiger charge is 2.01. The minimum Gasteiger partial charge on any atom is -0.388 e. The van der Waals surface area contributed by atoms with Crippen molar-refractivity contribution in [3.63, 3.8) is 0 Å². The van der Waals surface area contributed by atoms with Gasteiger partial charge in [-0.2, -0.15) is 0 Å². The normalized spacial score (nSPS) is 12.7. The standard InChI is InChI=1S/C11H15FO3/c12-6-11(13)8-15-9-14-7-10-4-2-1-3-5-10/h1-5,11,13H,6-9H2. The summed E-state index contributed by atoms with van der Waals surface area (Å²) in [5.74, 6) is 0. The Labute approximate surface area is 88.4 Å². The molecule has 15 heavy (non-hydrogen) atoms. The summed E-state index contributed by atoms with van der Waals surface area (Å²) < 4.78 is 21.8. The van der Waals surface area contributed by atoms with Crippen LogP contribution in [0.1, 0.15) is 5.56 Å². The maximum atomic E-state index is 11.8. The molecule has 0 saturated carbocycles. The number of ether oxygens (including phenoxy) is 2. The van der Waals surface area contributed by atoms with Crippen LogP contribution in [0.15, 0.2) is 30.3 Å². The van der Waals surface area contributed by atoms with Crippen LogP contribution in [0.25, 0.3) is 0 Å². The number of aliphatic hydroxyl groups is 1. The van der Waals surface area contributed by atoms with E-state index in [0.29, 0.717) is 6.61 Å². The van der Waals surface area contributed by atoms with Gasteiger partial charge in [0.25, 0.3) is 0 Å². The number of hydrogen-bond acceptors (Lipinski definition) is 3. The number of hydrogen-bond donors (Lipinski definition) is 1. The van der Waals surface area contributed by atoms with Gasteiger partial charge in [0, 0.05) is 0 Å². The molecule has 0 amide bonds. The fraction of sp³-hybridized carbons (Fsp3) is 0.455. The van der Waals surface area contributed by atoms with E-state index in [9.17, 15) is 4.39 Å². The zero-order valence-corrected chi connectivity index (χ0v) is 8.43. The van der Waals surface area contributed by atoms with Gasteiger partial charge in [-0.25, -0.2) is 4.39 Å². The van der Waals surface area contributed by atoms with Crippen molar-refractivity contribution >= 4 is 0 Å². The van der Waals surface area contributed by atoms with Gasteiger partial charge in [0.2, 0.25) is 0 Å². The Morgan fingerprint density at radius 3 is 2.60 bits per heavy atom. The third-order valence-electron chi connectivity index (χ3n) is 1.77. The van der Waals surface area contributed by atoms with Crippen LogP contribution in [-0.2, 0) is 16.1 Å². The van der Waals surface area contributed by atoms with Crippen molar-refractivity contribution in [3.8, 4) is 0 Å². The topological polar surface area (TPSA) is 38.7 Å². The summed E-state index contributed by atoms with van der Waals surface area (Å²) >= 11 is 0. The molecule has 1 aromatic rings. The van der Waals surface area contributed by atoms with Gasteiger partial charge >= 0.3 is 0 Å². The van der Waals surface area contributed by atoms with E-state index in [1.807, 2.05) is 30.3 Å². The van der Waals surface area contributed by atoms with Crippen molar-refractivity contribution in [2.45, 2.75) is 12.7 Å². The van der Waals surface area contributed by atoms with Crippen molar-refractivity contribution in [2.75, 3.05) is 20.1 Å². The summed E-state index contributed by atoms with van der Waals surface area (Å²) in [5.41, 5.74) is 1.05. The van der Waals surface area contributed by atoms with Gasteiger partial charge in [-0.1, -0.05) is 30.3 Å². The van der Waals surface area contributed by atoms with E-state index in [-0.39, 0.29) is 13.4 Å². The Bertz CT molecular complexity index is 253. The maximum Gasteiger partial charge on any atom is 0.147 e. The monoisotopic (exact) mass is 214 g/mol. The molecule has 0 aromatic heterocycles. The second-order valence-corrected chi connectivity index (χ2v) is 3.13. The van der Waals surface area contributed by atoms with Crippen LogP contribution in [0.5, 0.6) is 0 Å². The summed E-state index contributed by atoms with van der Waals surface area (Å²) in [4.78, 5) is 0. The molecule has 1 aromatic carbocycles. The van der Waals surface area contributed by atoms with Crippen molar-refractivity contribution in [1.29, 1.82) is 0 Å². The molecule has 1 rings (SSSR count). The molecule has 1 N–H and O–H groups in total. The van der Waals surface area contributed by atoms with Crippen LogP contribution >= 0.6 is 0 Å². The highest BCUT2D eigenvalue weighted by Crippen LogP contribution is 2.00. The highest BCUT2D eigenvalue weighted by molar-refractivity contribution is 5.13. The van der Waals surface area contributed by atoms with Crippen LogP contribution in [0, 0.1) is 0 Å². The van der Waals surface area contributed by atoms with Crippen LogP contribution < -0.4 is 0 Å². The Balaban J connectivity index is 2.03. The van der Waals surface area contributed by atoms with E-state index in [4.69, 9.17) is 14.6 Å². The molecule has 0 spiro atoms. The highest BCUT2D eigenvalue weighted by atomic mass is 19.1. The Morgan fingerprint density at radius 1 is 1.20 bits per heavy atom. The van der Waals surface area contributed by atoms with E-state index < -0.39 is 12.8 Å². The quantitative estimate of drug-likeness (QED) is 0.552. The number of halogens is 1. The van der Waals surface area contributed by atoms with Gasteiger partial charge in [-0.3, -0.25) is 0 Å². The molecule has 0 bridgehead atoms. The SMILES string of the molecule is OC(CF)COCOCc1ccccc1. The summed E-state index contributed by atoms with van der Waals surface area (Å²) in [6.07, 6.45) is -1.05. The van der Waals surface area contributed by atoms with Crippen LogP contribution in [0.2, 0.25) is 0 Å². The van der Waals surface area contributed by atoms with Crippen LogP contribution in [0.3, 0.4) is 0 Å². The van der Waals surface area contributed by atoms with Gasteiger partial charge < -0.3 is 14.6 Å². The summed E-state index contributed by atoms with van der Waals surface area (Å²) in [6.45, 7) is -0.317. The first-order valence-corrected chi connectivity index (χ1v) is 4.76. The Hall–Kier alpha value is -0.970. The first-order chi connectivity index (χ1) is 7.33. The van der Waals surface area contributed by atoms with Crippen LogP contribution in [-0.4, -0.2) is 31.3 Å². The molecule has 0 aliphatic rings. The molecule has 0 aliphatic heterocycles. The lowest BCUT2D eigenvalue weighted by Crippen LogP contribution is -2.18. The van der Waals surface area contributed by atoms with E-state index in [2.05, 4.69) is 0 Å². The zero-order valence-electron chi connectivity index (χ0n) is 8.43. The van der Waals surface area contributed by atoms with E-state index in [1.165, 1.54) is 0 Å². The summed E-state index contributed by atoms with van der Waals surface area (Å²) in [7, 11) is 0. The largest absolute Gasteiger partial charge is 0.388 e. The maximum absolute atomic E-state index is 11.8. The van der Waals surface area contributed by atoms with E-state index in [0.717, 1.165) is 5.56 Å². The van der Waals surface area contributed by atoms with Crippen molar-refractivity contribution in [1.82, 2.24) is 0 Å². The molecule has 0 aliphatic carbocycles. The smallest absolute Gasteiger partial charge is 0.147 e. The minimum absolute atomic E-state index is 0.0364. The molecule has 1 unspecified atom stereocenters. The third-order valence-corrected chi connectivity index (χ3v) is 1.77. The summed E-state index contributed by atoms with van der Waals surface area (Å²) in [5, 5.41) is 8.82. The molecule has 1 atom stereocenters. The fourth-order valence-corrected chi connectivity index (χ4v) is 1.02. The molecular weight excluding hydrogens is 199 g/mol.